The molecule has 5 heterocycles. The summed E-state index contributed by atoms with van der Waals surface area (Å²) >= 11 is 0. The second-order valence-electron chi connectivity index (χ2n) is 7.94. The predicted octanol–water partition coefficient (Wildman–Crippen LogP) is 2.55. The summed E-state index contributed by atoms with van der Waals surface area (Å²) in [5.41, 5.74) is 1.52. The van der Waals surface area contributed by atoms with E-state index in [1.165, 1.54) is 38.8 Å². The van der Waals surface area contributed by atoms with Gasteiger partial charge in [0, 0.05) is 32.2 Å². The summed E-state index contributed by atoms with van der Waals surface area (Å²) in [5, 5.41) is 5.11. The van der Waals surface area contributed by atoms with E-state index in [1.807, 2.05) is 13.8 Å². The third kappa shape index (κ3) is 2.48. The molecular weight excluding hydrogens is 302 g/mol. The molecule has 1 saturated carbocycles. The van der Waals surface area contributed by atoms with Crippen molar-refractivity contribution >= 4 is 16.9 Å². The van der Waals surface area contributed by atoms with Crippen LogP contribution in [-0.2, 0) is 0 Å². The van der Waals surface area contributed by atoms with E-state index in [4.69, 9.17) is 9.51 Å². The van der Waals surface area contributed by atoms with E-state index in [0.29, 0.717) is 11.8 Å². The molecule has 3 aliphatic heterocycles. The van der Waals surface area contributed by atoms with Crippen molar-refractivity contribution < 1.29 is 4.52 Å². The van der Waals surface area contributed by atoms with Crippen molar-refractivity contribution in [3.63, 3.8) is 0 Å². The first-order valence-corrected chi connectivity index (χ1v) is 9.27. The zero-order valence-electron chi connectivity index (χ0n) is 14.5. The van der Waals surface area contributed by atoms with Crippen molar-refractivity contribution in [2.24, 2.45) is 11.8 Å². The molecule has 2 atom stereocenters. The lowest BCUT2D eigenvalue weighted by molar-refractivity contribution is 0.128. The van der Waals surface area contributed by atoms with Gasteiger partial charge in [-0.1, -0.05) is 5.16 Å². The Hall–Kier alpha value is -1.69. The number of hydrogen-bond acceptors (Lipinski definition) is 6. The van der Waals surface area contributed by atoms with Crippen LogP contribution < -0.4 is 4.90 Å². The Labute approximate surface area is 142 Å². The molecule has 128 valence electrons. The Bertz CT molecular complexity index is 768. The van der Waals surface area contributed by atoms with Crippen LogP contribution in [0, 0.1) is 25.7 Å². The molecule has 4 fully saturated rings. The monoisotopic (exact) mass is 327 g/mol. The molecule has 2 aromatic rings. The molecular formula is C18H25N5O. The molecule has 6 heteroatoms. The number of nitrogens with zero attached hydrogens (tertiary/aromatic N) is 5. The molecule has 0 spiro atoms. The number of aryl methyl sites for hydroxylation is 2. The van der Waals surface area contributed by atoms with Crippen molar-refractivity contribution in [1.82, 2.24) is 20.0 Å². The van der Waals surface area contributed by atoms with Gasteiger partial charge in [-0.05, 0) is 51.4 Å². The van der Waals surface area contributed by atoms with Crippen molar-refractivity contribution in [3.8, 4) is 0 Å². The van der Waals surface area contributed by atoms with Gasteiger partial charge in [0.2, 0.25) is 0 Å². The molecule has 1 aliphatic carbocycles. The Balaban J connectivity index is 1.50. The molecule has 6 nitrogen and oxygen atoms in total. The van der Waals surface area contributed by atoms with Gasteiger partial charge in [-0.15, -0.1) is 0 Å². The number of fused-ring (bicyclic) bond motifs is 5. The smallest absolute Gasteiger partial charge is 0.263 e. The van der Waals surface area contributed by atoms with Crippen LogP contribution in [0.3, 0.4) is 0 Å². The van der Waals surface area contributed by atoms with E-state index in [-0.39, 0.29) is 0 Å². The molecule has 0 radical (unpaired) electrons. The number of piperidine rings is 1. The third-order valence-electron chi connectivity index (χ3n) is 5.92. The van der Waals surface area contributed by atoms with Gasteiger partial charge < -0.3 is 9.42 Å². The molecule has 4 aliphatic rings. The molecule has 24 heavy (non-hydrogen) atoms. The Morgan fingerprint density at radius 3 is 2.75 bits per heavy atom. The summed E-state index contributed by atoms with van der Waals surface area (Å²) in [6.45, 7) is 8.65. The number of anilines is 1. The maximum absolute atomic E-state index is 5.41. The maximum atomic E-state index is 5.41. The van der Waals surface area contributed by atoms with E-state index >= 15 is 0 Å². The lowest BCUT2D eigenvalue weighted by Crippen LogP contribution is -2.44. The maximum Gasteiger partial charge on any atom is 0.263 e. The topological polar surface area (TPSA) is 58.3 Å². The standard InChI is InChI=1S/C18H25N5O/c1-11-16-17(19-12(2)20-18(16)24-21-11)23-9-14-5-6-15(10-23)22(8-14)7-13-3-4-13/h13-15H,3-10H2,1-2H3/t14-,15-/m0/s1. The van der Waals surface area contributed by atoms with Gasteiger partial charge in [0.1, 0.15) is 17.0 Å². The van der Waals surface area contributed by atoms with Crippen LogP contribution in [0.1, 0.15) is 37.2 Å². The lowest BCUT2D eigenvalue weighted by Gasteiger charge is -2.36. The normalized spacial score (nSPS) is 27.8. The fourth-order valence-electron chi connectivity index (χ4n) is 4.51. The van der Waals surface area contributed by atoms with Crippen molar-refractivity contribution in [1.29, 1.82) is 0 Å². The quantitative estimate of drug-likeness (QED) is 0.863. The van der Waals surface area contributed by atoms with E-state index in [1.54, 1.807) is 0 Å². The molecule has 3 saturated heterocycles. The van der Waals surface area contributed by atoms with E-state index in [0.717, 1.165) is 47.6 Å². The second-order valence-corrected chi connectivity index (χ2v) is 7.94. The third-order valence-corrected chi connectivity index (χ3v) is 5.92. The molecule has 0 aromatic carbocycles. The minimum Gasteiger partial charge on any atom is -0.354 e. The molecule has 0 amide bonds. The van der Waals surface area contributed by atoms with Crippen molar-refractivity contribution in [2.75, 3.05) is 31.1 Å². The van der Waals surface area contributed by atoms with Crippen molar-refractivity contribution in [3.05, 3.63) is 11.5 Å². The van der Waals surface area contributed by atoms with Gasteiger partial charge in [0.25, 0.3) is 5.71 Å². The summed E-state index contributed by atoms with van der Waals surface area (Å²) < 4.78 is 5.41. The zero-order valence-corrected chi connectivity index (χ0v) is 14.5. The first-order valence-electron chi connectivity index (χ1n) is 9.27. The predicted molar refractivity (Wildman–Crippen MR) is 92.1 cm³/mol. The lowest BCUT2D eigenvalue weighted by atomic mass is 9.95. The average Bonchev–Trinajstić information content (AvgIpc) is 3.35. The summed E-state index contributed by atoms with van der Waals surface area (Å²) in [7, 11) is 0. The number of aromatic nitrogens is 3. The van der Waals surface area contributed by atoms with Crippen molar-refractivity contribution in [2.45, 2.75) is 45.6 Å². The van der Waals surface area contributed by atoms with Gasteiger partial charge >= 0.3 is 0 Å². The first kappa shape index (κ1) is 14.6. The largest absolute Gasteiger partial charge is 0.354 e. The number of hydrogen-bond donors (Lipinski definition) is 0. The SMILES string of the molecule is Cc1nc(N2C[C@H]3CC[C@@H](C2)N(CC2CC2)C3)c2c(C)noc2n1. The minimum absolute atomic E-state index is 0.626. The second kappa shape index (κ2) is 5.41. The van der Waals surface area contributed by atoms with Crippen LogP contribution in [0.5, 0.6) is 0 Å². The highest BCUT2D eigenvalue weighted by atomic mass is 16.5. The van der Waals surface area contributed by atoms with Crippen LogP contribution >= 0.6 is 0 Å². The molecule has 6 rings (SSSR count). The highest BCUT2D eigenvalue weighted by Gasteiger charge is 2.38. The van der Waals surface area contributed by atoms with Gasteiger partial charge in [0.15, 0.2) is 0 Å². The molecule has 0 unspecified atom stereocenters. The van der Waals surface area contributed by atoms with Crippen LogP contribution in [-0.4, -0.2) is 52.2 Å². The van der Waals surface area contributed by atoms with Crippen LogP contribution in [0.25, 0.3) is 11.1 Å². The van der Waals surface area contributed by atoms with Crippen LogP contribution in [0.15, 0.2) is 4.52 Å². The Morgan fingerprint density at radius 2 is 1.92 bits per heavy atom. The highest BCUT2D eigenvalue weighted by molar-refractivity contribution is 5.88. The van der Waals surface area contributed by atoms with E-state index in [2.05, 4.69) is 19.9 Å². The first-order chi connectivity index (χ1) is 11.7. The van der Waals surface area contributed by atoms with E-state index in [9.17, 15) is 0 Å². The molecule has 0 N–H and O–H groups in total. The Kier molecular flexibility index (Phi) is 3.30. The summed E-state index contributed by atoms with van der Waals surface area (Å²) in [4.78, 5) is 14.4. The van der Waals surface area contributed by atoms with Crippen LogP contribution in [0.4, 0.5) is 5.82 Å². The van der Waals surface area contributed by atoms with Gasteiger partial charge in [0.05, 0.1) is 5.69 Å². The fourth-order valence-corrected chi connectivity index (χ4v) is 4.51. The highest BCUT2D eigenvalue weighted by Crippen LogP contribution is 2.37. The average molecular weight is 327 g/mol. The van der Waals surface area contributed by atoms with Gasteiger partial charge in [-0.3, -0.25) is 4.90 Å². The summed E-state index contributed by atoms with van der Waals surface area (Å²) in [6.07, 6.45) is 5.54. The molecule has 2 bridgehead atoms. The number of rotatable bonds is 3. The minimum atomic E-state index is 0.626. The summed E-state index contributed by atoms with van der Waals surface area (Å²) in [6, 6.07) is 0.662. The zero-order chi connectivity index (χ0) is 16.3. The van der Waals surface area contributed by atoms with Gasteiger partial charge in [-0.25, -0.2) is 4.98 Å². The van der Waals surface area contributed by atoms with Crippen LogP contribution in [0.2, 0.25) is 0 Å². The Morgan fingerprint density at radius 1 is 1.04 bits per heavy atom. The van der Waals surface area contributed by atoms with Gasteiger partial charge in [-0.2, -0.15) is 4.98 Å². The van der Waals surface area contributed by atoms with E-state index < -0.39 is 0 Å². The molecule has 2 aromatic heterocycles. The fraction of sp³-hybridized carbons (Fsp3) is 0.722. The summed E-state index contributed by atoms with van der Waals surface area (Å²) in [5.74, 6) is 3.50.